The lowest BCUT2D eigenvalue weighted by molar-refractivity contribution is -0.129. The van der Waals surface area contributed by atoms with Gasteiger partial charge in [-0.2, -0.15) is 0 Å². The molecule has 2 rings (SSSR count). The summed E-state index contributed by atoms with van der Waals surface area (Å²) in [6, 6.07) is 0. The molecule has 2 unspecified atom stereocenters. The van der Waals surface area contributed by atoms with Gasteiger partial charge in [-0.3, -0.25) is 4.79 Å². The van der Waals surface area contributed by atoms with Crippen LogP contribution in [0.4, 0.5) is 0 Å². The molecule has 0 spiro atoms. The maximum absolute atomic E-state index is 11.8. The minimum atomic E-state index is 0.00984. The van der Waals surface area contributed by atoms with Gasteiger partial charge in [0.2, 0.25) is 0 Å². The van der Waals surface area contributed by atoms with E-state index in [1.54, 1.807) is 0 Å². The van der Waals surface area contributed by atoms with Crippen LogP contribution in [0, 0.1) is 16.7 Å². The fourth-order valence-corrected chi connectivity index (χ4v) is 3.14. The molecule has 0 aromatic carbocycles. The molecule has 0 amide bonds. The van der Waals surface area contributed by atoms with E-state index >= 15 is 0 Å². The van der Waals surface area contributed by atoms with Gasteiger partial charge in [0.25, 0.3) is 0 Å². The Bertz CT molecular complexity index is 229. The lowest BCUT2D eigenvalue weighted by Crippen LogP contribution is -2.40. The number of rotatable bonds is 0. The Morgan fingerprint density at radius 2 is 2.00 bits per heavy atom. The van der Waals surface area contributed by atoms with Gasteiger partial charge in [0.1, 0.15) is 5.78 Å². The van der Waals surface area contributed by atoms with Crippen molar-refractivity contribution in [3.8, 4) is 0 Å². The van der Waals surface area contributed by atoms with Gasteiger partial charge < -0.3 is 0 Å². The van der Waals surface area contributed by atoms with Gasteiger partial charge in [0.05, 0.1) is 0 Å². The molecule has 2 bridgehead atoms. The predicted octanol–water partition coefficient (Wildman–Crippen LogP) is 2.79. The molecule has 1 heteroatoms. The van der Waals surface area contributed by atoms with Crippen molar-refractivity contribution in [2.75, 3.05) is 0 Å². The minimum absolute atomic E-state index is 0.00984. The van der Waals surface area contributed by atoms with E-state index in [0.29, 0.717) is 11.7 Å². The van der Waals surface area contributed by atoms with Crippen molar-refractivity contribution >= 4 is 5.78 Å². The number of carbonyl (C=O) groups is 1. The zero-order chi connectivity index (χ0) is 8.98. The quantitative estimate of drug-likeness (QED) is 0.541. The number of carbonyl (C=O) groups excluding carboxylic acids is 1. The first-order valence-electron chi connectivity index (χ1n) is 5.02. The number of fused-ring (bicyclic) bond motifs is 2. The molecule has 2 aliphatic carbocycles. The highest BCUT2D eigenvalue weighted by Crippen LogP contribution is 2.60. The van der Waals surface area contributed by atoms with Crippen molar-refractivity contribution in [3.63, 3.8) is 0 Å². The van der Waals surface area contributed by atoms with Gasteiger partial charge in [0.15, 0.2) is 0 Å². The molecule has 0 radical (unpaired) electrons. The lowest BCUT2D eigenvalue weighted by Gasteiger charge is -2.44. The van der Waals surface area contributed by atoms with Crippen molar-refractivity contribution in [3.05, 3.63) is 0 Å². The zero-order valence-electron chi connectivity index (χ0n) is 8.31. The number of hydrogen-bond acceptors (Lipinski definition) is 1. The van der Waals surface area contributed by atoms with Crippen LogP contribution in [0.25, 0.3) is 0 Å². The van der Waals surface area contributed by atoms with Gasteiger partial charge in [-0.15, -0.1) is 0 Å². The summed E-state index contributed by atoms with van der Waals surface area (Å²) in [4.78, 5) is 11.8. The second-order valence-electron chi connectivity index (χ2n) is 5.27. The molecular formula is C11H18O. The summed E-state index contributed by atoms with van der Waals surface area (Å²) in [6.45, 7) is 6.73. The molecule has 0 aromatic heterocycles. The molecule has 2 aliphatic rings. The Balaban J connectivity index is 2.44. The fraction of sp³-hybridized carbons (Fsp3) is 0.909. The number of hydrogen-bond donors (Lipinski definition) is 0. The van der Waals surface area contributed by atoms with Crippen LogP contribution in [-0.4, -0.2) is 5.78 Å². The third kappa shape index (κ3) is 0.725. The van der Waals surface area contributed by atoms with E-state index < -0.39 is 0 Å². The SMILES string of the molecule is CC12CCCC(CC1=O)C2(C)C. The largest absolute Gasteiger partial charge is 0.299 e. The van der Waals surface area contributed by atoms with Crippen molar-refractivity contribution in [1.82, 2.24) is 0 Å². The van der Waals surface area contributed by atoms with E-state index in [2.05, 4.69) is 20.8 Å². The second-order valence-corrected chi connectivity index (χ2v) is 5.27. The Morgan fingerprint density at radius 3 is 2.50 bits per heavy atom. The lowest BCUT2D eigenvalue weighted by atomic mass is 9.59. The first-order valence-corrected chi connectivity index (χ1v) is 5.02. The third-order valence-electron chi connectivity index (χ3n) is 4.72. The van der Waals surface area contributed by atoms with Gasteiger partial charge in [-0.1, -0.05) is 27.2 Å². The Kier molecular flexibility index (Phi) is 1.47. The molecule has 2 atom stereocenters. The van der Waals surface area contributed by atoms with E-state index in [4.69, 9.17) is 0 Å². The molecule has 0 heterocycles. The molecule has 12 heavy (non-hydrogen) atoms. The molecule has 2 saturated carbocycles. The second kappa shape index (κ2) is 2.12. The van der Waals surface area contributed by atoms with E-state index in [0.717, 1.165) is 12.8 Å². The molecule has 68 valence electrons. The smallest absolute Gasteiger partial charge is 0.139 e. The molecule has 0 saturated heterocycles. The highest BCUT2D eigenvalue weighted by molar-refractivity contribution is 5.88. The molecule has 2 fully saturated rings. The van der Waals surface area contributed by atoms with Crippen LogP contribution < -0.4 is 0 Å². The molecule has 0 aliphatic heterocycles. The summed E-state index contributed by atoms with van der Waals surface area (Å²) >= 11 is 0. The van der Waals surface area contributed by atoms with Crippen LogP contribution in [0.15, 0.2) is 0 Å². The molecule has 1 nitrogen and oxygen atoms in total. The van der Waals surface area contributed by atoms with Crippen molar-refractivity contribution in [1.29, 1.82) is 0 Å². The van der Waals surface area contributed by atoms with Crippen LogP contribution in [0.3, 0.4) is 0 Å². The maximum Gasteiger partial charge on any atom is 0.139 e. The first-order chi connectivity index (χ1) is 5.48. The van der Waals surface area contributed by atoms with Crippen molar-refractivity contribution < 1.29 is 4.79 Å². The summed E-state index contributed by atoms with van der Waals surface area (Å²) in [5.41, 5.74) is 0.276. The highest BCUT2D eigenvalue weighted by Gasteiger charge is 2.58. The number of ketones is 1. The standard InChI is InChI=1S/C11H18O/c1-10(2)8-5-4-6-11(10,3)9(12)7-8/h8H,4-7H2,1-3H3. The topological polar surface area (TPSA) is 17.1 Å². The van der Waals surface area contributed by atoms with E-state index in [9.17, 15) is 4.79 Å². The van der Waals surface area contributed by atoms with Gasteiger partial charge in [-0.25, -0.2) is 0 Å². The molecule has 0 aromatic rings. The van der Waals surface area contributed by atoms with Crippen LogP contribution in [-0.2, 0) is 4.79 Å². The highest BCUT2D eigenvalue weighted by atomic mass is 16.1. The molecular weight excluding hydrogens is 148 g/mol. The summed E-state index contributed by atoms with van der Waals surface area (Å²) < 4.78 is 0. The predicted molar refractivity (Wildman–Crippen MR) is 48.9 cm³/mol. The van der Waals surface area contributed by atoms with Gasteiger partial charge in [0, 0.05) is 11.8 Å². The van der Waals surface area contributed by atoms with Crippen LogP contribution in [0.2, 0.25) is 0 Å². The van der Waals surface area contributed by atoms with Crippen LogP contribution >= 0.6 is 0 Å². The third-order valence-corrected chi connectivity index (χ3v) is 4.72. The Labute approximate surface area is 74.5 Å². The summed E-state index contributed by atoms with van der Waals surface area (Å²) in [5.74, 6) is 1.19. The average Bonchev–Trinajstić information content (AvgIpc) is 2.16. The normalized spacial score (nSPS) is 44.9. The zero-order valence-corrected chi connectivity index (χ0v) is 8.31. The van der Waals surface area contributed by atoms with Crippen molar-refractivity contribution in [2.45, 2.75) is 46.5 Å². The van der Waals surface area contributed by atoms with E-state index in [-0.39, 0.29) is 10.8 Å². The summed E-state index contributed by atoms with van der Waals surface area (Å²) in [6.07, 6.45) is 4.50. The fourth-order valence-electron chi connectivity index (χ4n) is 3.14. The summed E-state index contributed by atoms with van der Waals surface area (Å²) in [5, 5.41) is 0. The van der Waals surface area contributed by atoms with E-state index in [1.165, 1.54) is 12.8 Å². The number of Topliss-reactive ketones (excluding diaryl/α,β-unsaturated/α-hetero) is 1. The Morgan fingerprint density at radius 1 is 1.33 bits per heavy atom. The maximum atomic E-state index is 11.8. The van der Waals surface area contributed by atoms with Gasteiger partial charge in [-0.05, 0) is 24.2 Å². The monoisotopic (exact) mass is 166 g/mol. The first kappa shape index (κ1) is 8.28. The molecule has 0 N–H and O–H groups in total. The van der Waals surface area contributed by atoms with E-state index in [1.807, 2.05) is 0 Å². The van der Waals surface area contributed by atoms with Crippen molar-refractivity contribution in [2.24, 2.45) is 16.7 Å². The van der Waals surface area contributed by atoms with Gasteiger partial charge >= 0.3 is 0 Å². The summed E-state index contributed by atoms with van der Waals surface area (Å²) in [7, 11) is 0. The minimum Gasteiger partial charge on any atom is -0.299 e. The average molecular weight is 166 g/mol. The van der Waals surface area contributed by atoms with Crippen LogP contribution in [0.5, 0.6) is 0 Å². The Hall–Kier alpha value is -0.330. The van der Waals surface area contributed by atoms with Crippen LogP contribution in [0.1, 0.15) is 46.5 Å².